The summed E-state index contributed by atoms with van der Waals surface area (Å²) in [6, 6.07) is 19.6. The smallest absolute Gasteiger partial charge is 0.253 e. The van der Waals surface area contributed by atoms with Crippen LogP contribution in [-0.2, 0) is 12.3 Å². The van der Waals surface area contributed by atoms with E-state index in [1.54, 1.807) is 36.1 Å². The first-order chi connectivity index (χ1) is 13.7. The summed E-state index contributed by atoms with van der Waals surface area (Å²) in [4.78, 5) is 26.3. The number of aromatic amines is 1. The van der Waals surface area contributed by atoms with E-state index >= 15 is 0 Å². The first kappa shape index (κ1) is 18.3. The molecule has 2 aromatic carbocycles. The Kier molecular flexibility index (Phi) is 5.39. The number of pyridine rings is 1. The zero-order valence-corrected chi connectivity index (χ0v) is 16.3. The maximum Gasteiger partial charge on any atom is 0.253 e. The zero-order valence-electron chi connectivity index (χ0n) is 15.5. The molecule has 0 bridgehead atoms. The maximum absolute atomic E-state index is 12.6. The number of rotatable bonds is 6. The van der Waals surface area contributed by atoms with Crippen LogP contribution in [0.25, 0.3) is 11.0 Å². The van der Waals surface area contributed by atoms with Gasteiger partial charge >= 0.3 is 0 Å². The standard InChI is InChI=1S/C22H20N4OS/c1-26(14-17-5-4-12-23-13-17)21(27)18-10-8-16(9-11-18)15-28-22-24-19-6-2-3-7-20(19)25-22/h2-13H,14-15H2,1H3,(H,24,25). The van der Waals surface area contributed by atoms with Crippen LogP contribution in [0.3, 0.4) is 0 Å². The van der Waals surface area contributed by atoms with Crippen LogP contribution in [0.4, 0.5) is 0 Å². The van der Waals surface area contributed by atoms with Gasteiger partial charge < -0.3 is 9.88 Å². The number of H-pyrrole nitrogens is 1. The highest BCUT2D eigenvalue weighted by molar-refractivity contribution is 7.98. The van der Waals surface area contributed by atoms with E-state index in [9.17, 15) is 4.79 Å². The molecule has 140 valence electrons. The highest BCUT2D eigenvalue weighted by Crippen LogP contribution is 2.23. The monoisotopic (exact) mass is 388 g/mol. The lowest BCUT2D eigenvalue weighted by molar-refractivity contribution is 0.0785. The molecular weight excluding hydrogens is 368 g/mol. The third-order valence-electron chi connectivity index (χ3n) is 4.43. The Bertz CT molecular complexity index is 1040. The first-order valence-electron chi connectivity index (χ1n) is 9.00. The number of hydrogen-bond acceptors (Lipinski definition) is 4. The molecule has 6 heteroatoms. The van der Waals surface area contributed by atoms with Gasteiger partial charge in [0, 0.05) is 37.3 Å². The molecule has 0 aliphatic rings. The normalized spacial score (nSPS) is 10.9. The van der Waals surface area contributed by atoms with E-state index in [-0.39, 0.29) is 5.91 Å². The molecule has 0 atom stereocenters. The van der Waals surface area contributed by atoms with E-state index in [4.69, 9.17) is 0 Å². The van der Waals surface area contributed by atoms with Crippen molar-refractivity contribution in [3.05, 3.63) is 89.7 Å². The molecule has 4 aromatic rings. The Morgan fingerprint density at radius 1 is 1.04 bits per heavy atom. The molecule has 0 saturated carbocycles. The van der Waals surface area contributed by atoms with Gasteiger partial charge in [0.25, 0.3) is 5.91 Å². The fourth-order valence-electron chi connectivity index (χ4n) is 2.95. The number of carbonyl (C=O) groups excluding carboxylic acids is 1. The van der Waals surface area contributed by atoms with Gasteiger partial charge in [-0.25, -0.2) is 4.98 Å². The summed E-state index contributed by atoms with van der Waals surface area (Å²) >= 11 is 1.65. The average molecular weight is 388 g/mol. The molecular formula is C22H20N4OS. The number of amides is 1. The molecule has 0 saturated heterocycles. The van der Waals surface area contributed by atoms with Crippen molar-refractivity contribution < 1.29 is 4.79 Å². The van der Waals surface area contributed by atoms with Crippen LogP contribution in [0.5, 0.6) is 0 Å². The van der Waals surface area contributed by atoms with Crippen molar-refractivity contribution in [2.75, 3.05) is 7.05 Å². The van der Waals surface area contributed by atoms with Gasteiger partial charge in [-0.3, -0.25) is 9.78 Å². The van der Waals surface area contributed by atoms with Gasteiger partial charge in [-0.2, -0.15) is 0 Å². The van der Waals surface area contributed by atoms with Crippen molar-refractivity contribution in [2.24, 2.45) is 0 Å². The first-order valence-corrected chi connectivity index (χ1v) is 9.98. The molecule has 28 heavy (non-hydrogen) atoms. The van der Waals surface area contributed by atoms with Crippen LogP contribution in [0.15, 0.2) is 78.2 Å². The molecule has 2 heterocycles. The Morgan fingerprint density at radius 2 is 1.86 bits per heavy atom. The second-order valence-electron chi connectivity index (χ2n) is 6.57. The van der Waals surface area contributed by atoms with Crippen LogP contribution < -0.4 is 0 Å². The van der Waals surface area contributed by atoms with Crippen LogP contribution in [0.1, 0.15) is 21.5 Å². The summed E-state index contributed by atoms with van der Waals surface area (Å²) < 4.78 is 0. The molecule has 0 unspecified atom stereocenters. The highest BCUT2D eigenvalue weighted by Gasteiger charge is 2.12. The van der Waals surface area contributed by atoms with Crippen molar-refractivity contribution >= 4 is 28.7 Å². The molecule has 0 aliphatic heterocycles. The molecule has 1 amide bonds. The van der Waals surface area contributed by atoms with E-state index < -0.39 is 0 Å². The van der Waals surface area contributed by atoms with Gasteiger partial charge in [0.15, 0.2) is 5.16 Å². The number of thioether (sulfide) groups is 1. The number of hydrogen-bond donors (Lipinski definition) is 1. The van der Waals surface area contributed by atoms with Gasteiger partial charge in [0.05, 0.1) is 11.0 Å². The molecule has 0 aliphatic carbocycles. The van der Waals surface area contributed by atoms with Gasteiger partial charge in [-0.05, 0) is 41.5 Å². The Balaban J connectivity index is 1.37. The minimum absolute atomic E-state index is 0.000315. The Hall–Kier alpha value is -3.12. The second-order valence-corrected chi connectivity index (χ2v) is 7.53. The minimum atomic E-state index is 0.000315. The van der Waals surface area contributed by atoms with Crippen LogP contribution in [-0.4, -0.2) is 32.8 Å². The largest absolute Gasteiger partial charge is 0.337 e. The Labute approximate surface area is 167 Å². The number of fused-ring (bicyclic) bond motifs is 1. The fourth-order valence-corrected chi connectivity index (χ4v) is 3.79. The predicted octanol–water partition coefficient (Wildman–Crippen LogP) is 4.52. The van der Waals surface area contributed by atoms with Gasteiger partial charge in [-0.15, -0.1) is 0 Å². The van der Waals surface area contributed by atoms with Crippen molar-refractivity contribution in [2.45, 2.75) is 17.5 Å². The zero-order chi connectivity index (χ0) is 19.3. The van der Waals surface area contributed by atoms with E-state index in [0.29, 0.717) is 12.1 Å². The molecule has 4 rings (SSSR count). The predicted molar refractivity (Wildman–Crippen MR) is 112 cm³/mol. The second kappa shape index (κ2) is 8.27. The van der Waals surface area contributed by atoms with E-state index in [0.717, 1.165) is 33.1 Å². The summed E-state index contributed by atoms with van der Waals surface area (Å²) in [6.07, 6.45) is 3.51. The van der Waals surface area contributed by atoms with Gasteiger partial charge in [-0.1, -0.05) is 42.1 Å². The van der Waals surface area contributed by atoms with E-state index in [2.05, 4.69) is 15.0 Å². The molecule has 5 nitrogen and oxygen atoms in total. The number of imidazole rings is 1. The summed E-state index contributed by atoms with van der Waals surface area (Å²) in [5.74, 6) is 0.792. The van der Waals surface area contributed by atoms with Crippen molar-refractivity contribution in [1.82, 2.24) is 19.9 Å². The quantitative estimate of drug-likeness (QED) is 0.493. The third kappa shape index (κ3) is 4.23. The van der Waals surface area contributed by atoms with Crippen molar-refractivity contribution in [3.63, 3.8) is 0 Å². The average Bonchev–Trinajstić information content (AvgIpc) is 3.16. The van der Waals surface area contributed by atoms with Gasteiger partial charge in [0.1, 0.15) is 0 Å². The van der Waals surface area contributed by atoms with Crippen LogP contribution in [0, 0.1) is 0 Å². The molecule has 0 radical (unpaired) electrons. The number of nitrogens with one attached hydrogen (secondary N) is 1. The van der Waals surface area contributed by atoms with Gasteiger partial charge in [0.2, 0.25) is 0 Å². The number of aromatic nitrogens is 3. The number of benzene rings is 2. The fraction of sp³-hybridized carbons (Fsp3) is 0.136. The molecule has 0 spiro atoms. The molecule has 1 N–H and O–H groups in total. The Morgan fingerprint density at radius 3 is 2.61 bits per heavy atom. The van der Waals surface area contributed by atoms with Crippen molar-refractivity contribution in [1.29, 1.82) is 0 Å². The minimum Gasteiger partial charge on any atom is -0.337 e. The van der Waals surface area contributed by atoms with Crippen LogP contribution in [0.2, 0.25) is 0 Å². The summed E-state index contributed by atoms with van der Waals surface area (Å²) in [7, 11) is 1.81. The maximum atomic E-state index is 12.6. The van der Waals surface area contributed by atoms with Crippen molar-refractivity contribution in [3.8, 4) is 0 Å². The topological polar surface area (TPSA) is 61.9 Å². The lowest BCUT2D eigenvalue weighted by atomic mass is 10.1. The summed E-state index contributed by atoms with van der Waals surface area (Å²) in [5.41, 5.74) is 4.86. The number of nitrogens with zero attached hydrogens (tertiary/aromatic N) is 3. The van der Waals surface area contributed by atoms with E-state index in [1.807, 2.05) is 60.7 Å². The molecule has 2 aromatic heterocycles. The van der Waals surface area contributed by atoms with E-state index in [1.165, 1.54) is 0 Å². The molecule has 0 fully saturated rings. The summed E-state index contributed by atoms with van der Waals surface area (Å²) in [6.45, 7) is 0.538. The number of para-hydroxylation sites is 2. The SMILES string of the molecule is CN(Cc1cccnc1)C(=O)c1ccc(CSc2nc3ccccc3[nH]2)cc1. The lowest BCUT2D eigenvalue weighted by Gasteiger charge is -2.17. The lowest BCUT2D eigenvalue weighted by Crippen LogP contribution is -2.26. The highest BCUT2D eigenvalue weighted by atomic mass is 32.2. The third-order valence-corrected chi connectivity index (χ3v) is 5.38. The summed E-state index contributed by atoms with van der Waals surface area (Å²) in [5, 5.41) is 0.901. The van der Waals surface area contributed by atoms with Crippen LogP contribution >= 0.6 is 11.8 Å². The number of carbonyl (C=O) groups is 1.